The zero-order valence-electron chi connectivity index (χ0n) is 14.4. The quantitative estimate of drug-likeness (QED) is 0.813. The SMILES string of the molecule is CC(=O)N(CC(=O)NCCc1ccc(F)cc1)C1CCCCCC1. The summed E-state index contributed by atoms with van der Waals surface area (Å²) in [5.41, 5.74) is 0.976. The van der Waals surface area contributed by atoms with Gasteiger partial charge in [0.1, 0.15) is 5.82 Å². The van der Waals surface area contributed by atoms with Crippen LogP contribution in [0.5, 0.6) is 0 Å². The molecule has 24 heavy (non-hydrogen) atoms. The molecule has 0 saturated heterocycles. The summed E-state index contributed by atoms with van der Waals surface area (Å²) in [7, 11) is 0. The summed E-state index contributed by atoms with van der Waals surface area (Å²) in [6, 6.07) is 6.46. The Labute approximate surface area is 143 Å². The summed E-state index contributed by atoms with van der Waals surface area (Å²) < 4.78 is 12.9. The second-order valence-electron chi connectivity index (χ2n) is 6.52. The number of amides is 2. The van der Waals surface area contributed by atoms with Crippen molar-refractivity contribution in [3.05, 3.63) is 35.6 Å². The van der Waals surface area contributed by atoms with Crippen LogP contribution in [0.1, 0.15) is 51.0 Å². The molecule has 0 atom stereocenters. The van der Waals surface area contributed by atoms with E-state index in [-0.39, 0.29) is 30.2 Å². The Kier molecular flexibility index (Phi) is 7.22. The minimum Gasteiger partial charge on any atom is -0.354 e. The van der Waals surface area contributed by atoms with E-state index in [2.05, 4.69) is 5.32 Å². The van der Waals surface area contributed by atoms with Crippen LogP contribution in [0.25, 0.3) is 0 Å². The van der Waals surface area contributed by atoms with Crippen LogP contribution in [0.15, 0.2) is 24.3 Å². The molecule has 0 aromatic heterocycles. The molecular weight excluding hydrogens is 307 g/mol. The molecule has 2 rings (SSSR count). The van der Waals surface area contributed by atoms with E-state index in [1.54, 1.807) is 17.0 Å². The minimum atomic E-state index is -0.261. The smallest absolute Gasteiger partial charge is 0.239 e. The highest BCUT2D eigenvalue weighted by Crippen LogP contribution is 2.21. The van der Waals surface area contributed by atoms with E-state index >= 15 is 0 Å². The van der Waals surface area contributed by atoms with E-state index in [0.29, 0.717) is 13.0 Å². The van der Waals surface area contributed by atoms with Crippen LogP contribution in [-0.2, 0) is 16.0 Å². The van der Waals surface area contributed by atoms with Gasteiger partial charge in [0, 0.05) is 19.5 Å². The van der Waals surface area contributed by atoms with Crippen molar-refractivity contribution in [3.8, 4) is 0 Å². The molecule has 2 amide bonds. The van der Waals surface area contributed by atoms with Gasteiger partial charge in [-0.15, -0.1) is 0 Å². The van der Waals surface area contributed by atoms with Crippen LogP contribution >= 0.6 is 0 Å². The summed E-state index contributed by atoms with van der Waals surface area (Å²) in [6.07, 6.45) is 7.31. The Morgan fingerprint density at radius 1 is 1.12 bits per heavy atom. The Balaban J connectivity index is 1.79. The molecule has 1 fully saturated rings. The summed E-state index contributed by atoms with van der Waals surface area (Å²) in [5, 5.41) is 2.86. The van der Waals surface area contributed by atoms with E-state index in [1.165, 1.54) is 31.9 Å². The van der Waals surface area contributed by atoms with Crippen LogP contribution < -0.4 is 5.32 Å². The van der Waals surface area contributed by atoms with E-state index in [4.69, 9.17) is 0 Å². The van der Waals surface area contributed by atoms with Gasteiger partial charge in [-0.1, -0.05) is 37.8 Å². The van der Waals surface area contributed by atoms with Crippen LogP contribution in [0.4, 0.5) is 4.39 Å². The van der Waals surface area contributed by atoms with Gasteiger partial charge < -0.3 is 10.2 Å². The van der Waals surface area contributed by atoms with Crippen LogP contribution in [0.2, 0.25) is 0 Å². The van der Waals surface area contributed by atoms with Gasteiger partial charge in [0.15, 0.2) is 0 Å². The molecular formula is C19H27FN2O2. The largest absolute Gasteiger partial charge is 0.354 e. The first kappa shape index (κ1) is 18.4. The van der Waals surface area contributed by atoms with Gasteiger partial charge in [0.25, 0.3) is 0 Å². The molecule has 0 aliphatic heterocycles. The number of nitrogens with zero attached hydrogens (tertiary/aromatic N) is 1. The average molecular weight is 334 g/mol. The van der Waals surface area contributed by atoms with E-state index < -0.39 is 0 Å². The maximum atomic E-state index is 12.9. The second-order valence-corrected chi connectivity index (χ2v) is 6.52. The van der Waals surface area contributed by atoms with Crippen LogP contribution in [-0.4, -0.2) is 35.8 Å². The van der Waals surface area contributed by atoms with Crippen molar-refractivity contribution in [1.82, 2.24) is 10.2 Å². The molecule has 0 unspecified atom stereocenters. The van der Waals surface area contributed by atoms with Crippen molar-refractivity contribution in [2.24, 2.45) is 0 Å². The third-order valence-electron chi connectivity index (χ3n) is 4.63. The highest BCUT2D eigenvalue weighted by Gasteiger charge is 2.24. The summed E-state index contributed by atoms with van der Waals surface area (Å²) in [6.45, 7) is 2.15. The van der Waals surface area contributed by atoms with E-state index in [9.17, 15) is 14.0 Å². The van der Waals surface area contributed by atoms with Gasteiger partial charge in [-0.3, -0.25) is 9.59 Å². The van der Waals surface area contributed by atoms with Gasteiger partial charge in [0.2, 0.25) is 11.8 Å². The van der Waals surface area contributed by atoms with Crippen molar-refractivity contribution in [3.63, 3.8) is 0 Å². The molecule has 0 spiro atoms. The molecule has 4 nitrogen and oxygen atoms in total. The summed E-state index contributed by atoms with van der Waals surface area (Å²) >= 11 is 0. The fraction of sp³-hybridized carbons (Fsp3) is 0.579. The van der Waals surface area contributed by atoms with Gasteiger partial charge in [-0.05, 0) is 37.0 Å². The molecule has 0 heterocycles. The molecule has 1 saturated carbocycles. The number of rotatable bonds is 6. The maximum absolute atomic E-state index is 12.9. The molecule has 0 radical (unpaired) electrons. The zero-order valence-corrected chi connectivity index (χ0v) is 14.4. The Bertz CT molecular complexity index is 537. The summed E-state index contributed by atoms with van der Waals surface area (Å²) in [4.78, 5) is 25.8. The highest BCUT2D eigenvalue weighted by molar-refractivity contribution is 5.84. The highest BCUT2D eigenvalue weighted by atomic mass is 19.1. The first-order chi connectivity index (χ1) is 11.6. The van der Waals surface area contributed by atoms with Crippen LogP contribution in [0.3, 0.4) is 0 Å². The fourth-order valence-electron chi connectivity index (χ4n) is 3.27. The number of hydrogen-bond acceptors (Lipinski definition) is 2. The lowest BCUT2D eigenvalue weighted by molar-refractivity contribution is -0.136. The minimum absolute atomic E-state index is 0.0319. The number of halogens is 1. The van der Waals surface area contributed by atoms with E-state index in [1.807, 2.05) is 0 Å². The normalized spacial score (nSPS) is 15.6. The topological polar surface area (TPSA) is 49.4 Å². The lowest BCUT2D eigenvalue weighted by Crippen LogP contribution is -2.45. The van der Waals surface area contributed by atoms with Crippen LogP contribution in [0, 0.1) is 5.82 Å². The van der Waals surface area contributed by atoms with Crippen molar-refractivity contribution in [1.29, 1.82) is 0 Å². The van der Waals surface area contributed by atoms with Gasteiger partial charge in [0.05, 0.1) is 6.54 Å². The molecule has 132 valence electrons. The predicted molar refractivity (Wildman–Crippen MR) is 92.0 cm³/mol. The molecule has 0 bridgehead atoms. The Morgan fingerprint density at radius 3 is 2.33 bits per heavy atom. The number of nitrogens with one attached hydrogen (secondary N) is 1. The van der Waals surface area contributed by atoms with Gasteiger partial charge in [-0.2, -0.15) is 0 Å². The number of carbonyl (C=O) groups excluding carboxylic acids is 2. The van der Waals surface area contributed by atoms with Crippen molar-refractivity contribution in [2.45, 2.75) is 57.9 Å². The lowest BCUT2D eigenvalue weighted by atomic mass is 10.1. The predicted octanol–water partition coefficient (Wildman–Crippen LogP) is 3.06. The average Bonchev–Trinajstić information content (AvgIpc) is 2.83. The molecule has 1 aliphatic rings. The first-order valence-corrected chi connectivity index (χ1v) is 8.84. The van der Waals surface area contributed by atoms with Crippen molar-refractivity contribution < 1.29 is 14.0 Å². The summed E-state index contributed by atoms with van der Waals surface area (Å²) in [5.74, 6) is -0.421. The zero-order chi connectivity index (χ0) is 17.4. The molecule has 1 aromatic carbocycles. The van der Waals surface area contributed by atoms with E-state index in [0.717, 1.165) is 31.2 Å². The van der Waals surface area contributed by atoms with Crippen molar-refractivity contribution >= 4 is 11.8 Å². The first-order valence-electron chi connectivity index (χ1n) is 8.84. The molecule has 1 N–H and O–H groups in total. The number of benzene rings is 1. The number of hydrogen-bond donors (Lipinski definition) is 1. The third kappa shape index (κ3) is 5.95. The van der Waals surface area contributed by atoms with Crippen molar-refractivity contribution in [2.75, 3.05) is 13.1 Å². The number of carbonyl (C=O) groups is 2. The molecule has 5 heteroatoms. The lowest BCUT2D eigenvalue weighted by Gasteiger charge is -2.29. The van der Waals surface area contributed by atoms with Gasteiger partial charge >= 0.3 is 0 Å². The fourth-order valence-corrected chi connectivity index (χ4v) is 3.27. The van der Waals surface area contributed by atoms with Gasteiger partial charge in [-0.25, -0.2) is 4.39 Å². The maximum Gasteiger partial charge on any atom is 0.239 e. The monoisotopic (exact) mass is 334 g/mol. The standard InChI is InChI=1S/C19H27FN2O2/c1-15(23)22(18-6-4-2-3-5-7-18)14-19(24)21-13-12-16-8-10-17(20)11-9-16/h8-11,18H,2-7,12-14H2,1H3,(H,21,24). The molecule has 1 aromatic rings. The molecule has 1 aliphatic carbocycles. The Morgan fingerprint density at radius 2 is 1.75 bits per heavy atom. The third-order valence-corrected chi connectivity index (χ3v) is 4.63. The Hall–Kier alpha value is -1.91. The second kappa shape index (κ2) is 9.40.